The van der Waals surface area contributed by atoms with Crippen LogP contribution in [-0.2, 0) is 10.0 Å². The Morgan fingerprint density at radius 3 is 2.59 bits per heavy atom. The Morgan fingerprint density at radius 2 is 1.89 bits per heavy atom. The Balaban J connectivity index is 1.78. The smallest absolute Gasteiger partial charge is 0.264 e. The van der Waals surface area contributed by atoms with E-state index in [2.05, 4.69) is 10.5 Å². The Labute approximate surface area is 158 Å². The first-order valence-electron chi connectivity index (χ1n) is 8.78. The van der Waals surface area contributed by atoms with E-state index < -0.39 is 10.0 Å². The van der Waals surface area contributed by atoms with Crippen LogP contribution in [0.4, 0.5) is 11.4 Å². The molecule has 27 heavy (non-hydrogen) atoms. The van der Waals surface area contributed by atoms with Gasteiger partial charge in [0.05, 0.1) is 28.5 Å². The van der Waals surface area contributed by atoms with Gasteiger partial charge < -0.3 is 9.84 Å². The number of aryl methyl sites for hydroxylation is 3. The number of sulfonamides is 1. The van der Waals surface area contributed by atoms with Crippen LogP contribution in [0.3, 0.4) is 0 Å². The molecule has 0 spiro atoms. The molecule has 0 fully saturated rings. The predicted octanol–water partition coefficient (Wildman–Crippen LogP) is 3.89. The molecule has 2 aromatic carbocycles. The molecule has 0 atom stereocenters. The van der Waals surface area contributed by atoms with Crippen molar-refractivity contribution in [2.75, 3.05) is 22.7 Å². The number of aromatic nitrogens is 1. The lowest BCUT2D eigenvalue weighted by molar-refractivity contribution is 0.427. The normalized spacial score (nSPS) is 14.0. The van der Waals surface area contributed by atoms with Crippen molar-refractivity contribution in [3.8, 4) is 11.3 Å². The number of nitrogens with zero attached hydrogens (tertiary/aromatic N) is 2. The molecule has 140 valence electrons. The zero-order valence-corrected chi connectivity index (χ0v) is 16.3. The van der Waals surface area contributed by atoms with Crippen LogP contribution in [-0.4, -0.2) is 26.7 Å². The van der Waals surface area contributed by atoms with E-state index in [-0.39, 0.29) is 0 Å². The Hall–Kier alpha value is -2.80. The lowest BCUT2D eigenvalue weighted by Gasteiger charge is -2.33. The summed E-state index contributed by atoms with van der Waals surface area (Å²) in [4.78, 5) is 0.304. The van der Waals surface area contributed by atoms with Gasteiger partial charge in [-0.15, -0.1) is 0 Å². The SMILES string of the molecule is Cc1cc(-c2ccc(S(=O)(=O)N3CCNc4cccc(C)c43)c(C)c2)on1. The quantitative estimate of drug-likeness (QED) is 0.743. The van der Waals surface area contributed by atoms with Crippen LogP contribution < -0.4 is 9.62 Å². The maximum Gasteiger partial charge on any atom is 0.264 e. The van der Waals surface area contributed by atoms with Crippen molar-refractivity contribution in [3.63, 3.8) is 0 Å². The number of rotatable bonds is 3. The largest absolute Gasteiger partial charge is 0.382 e. The minimum absolute atomic E-state index is 0.304. The molecule has 0 saturated carbocycles. The van der Waals surface area contributed by atoms with Crippen molar-refractivity contribution < 1.29 is 12.9 Å². The minimum atomic E-state index is -3.68. The van der Waals surface area contributed by atoms with Gasteiger partial charge in [0.15, 0.2) is 5.76 Å². The number of nitrogens with one attached hydrogen (secondary N) is 1. The average Bonchev–Trinajstić information content (AvgIpc) is 3.07. The van der Waals surface area contributed by atoms with Gasteiger partial charge in [-0.25, -0.2) is 8.42 Å². The molecule has 0 unspecified atom stereocenters. The number of para-hydroxylation sites is 1. The summed E-state index contributed by atoms with van der Waals surface area (Å²) in [7, 11) is -3.68. The summed E-state index contributed by atoms with van der Waals surface area (Å²) in [5.41, 5.74) is 4.76. The number of hydrogen-bond donors (Lipinski definition) is 1. The van der Waals surface area contributed by atoms with Crippen molar-refractivity contribution in [3.05, 3.63) is 59.3 Å². The van der Waals surface area contributed by atoms with E-state index in [1.807, 2.05) is 44.2 Å². The van der Waals surface area contributed by atoms with Gasteiger partial charge in [-0.1, -0.05) is 17.3 Å². The summed E-state index contributed by atoms with van der Waals surface area (Å²) in [5.74, 6) is 0.628. The molecule has 7 heteroatoms. The van der Waals surface area contributed by atoms with Crippen molar-refractivity contribution in [1.82, 2.24) is 5.16 Å². The molecule has 0 saturated heterocycles. The zero-order chi connectivity index (χ0) is 19.2. The predicted molar refractivity (Wildman–Crippen MR) is 106 cm³/mol. The highest BCUT2D eigenvalue weighted by Crippen LogP contribution is 2.37. The third-order valence-corrected chi connectivity index (χ3v) is 6.73. The molecule has 4 rings (SSSR count). The second-order valence-electron chi connectivity index (χ2n) is 6.79. The molecule has 2 heterocycles. The van der Waals surface area contributed by atoms with Crippen LogP contribution in [0.15, 0.2) is 51.9 Å². The molecule has 0 amide bonds. The molecule has 1 aromatic heterocycles. The molecular weight excluding hydrogens is 362 g/mol. The van der Waals surface area contributed by atoms with E-state index >= 15 is 0 Å². The molecule has 0 bridgehead atoms. The van der Waals surface area contributed by atoms with Crippen LogP contribution in [0, 0.1) is 20.8 Å². The first-order chi connectivity index (χ1) is 12.9. The van der Waals surface area contributed by atoms with E-state index in [1.54, 1.807) is 19.1 Å². The summed E-state index contributed by atoms with van der Waals surface area (Å²) >= 11 is 0. The highest BCUT2D eigenvalue weighted by atomic mass is 32.2. The van der Waals surface area contributed by atoms with Gasteiger partial charge in [-0.2, -0.15) is 0 Å². The number of benzene rings is 2. The molecule has 6 nitrogen and oxygen atoms in total. The van der Waals surface area contributed by atoms with Crippen LogP contribution in [0.25, 0.3) is 11.3 Å². The highest BCUT2D eigenvalue weighted by molar-refractivity contribution is 7.93. The van der Waals surface area contributed by atoms with Crippen molar-refractivity contribution in [2.45, 2.75) is 25.7 Å². The molecule has 1 aliphatic heterocycles. The minimum Gasteiger partial charge on any atom is -0.382 e. The van der Waals surface area contributed by atoms with E-state index in [4.69, 9.17) is 4.52 Å². The van der Waals surface area contributed by atoms with E-state index in [0.717, 1.165) is 28.2 Å². The van der Waals surface area contributed by atoms with Gasteiger partial charge in [-0.05, 0) is 56.2 Å². The fourth-order valence-electron chi connectivity index (χ4n) is 3.49. The molecule has 1 N–H and O–H groups in total. The monoisotopic (exact) mass is 383 g/mol. The second kappa shape index (κ2) is 6.42. The molecule has 0 aliphatic carbocycles. The molecule has 3 aromatic rings. The summed E-state index contributed by atoms with van der Waals surface area (Å²) in [6, 6.07) is 12.8. The van der Waals surface area contributed by atoms with Crippen molar-refractivity contribution in [1.29, 1.82) is 0 Å². The summed E-state index contributed by atoms with van der Waals surface area (Å²) in [6.45, 7) is 6.55. The highest BCUT2D eigenvalue weighted by Gasteiger charge is 2.31. The molecule has 1 aliphatic rings. The number of fused-ring (bicyclic) bond motifs is 1. The van der Waals surface area contributed by atoms with Crippen molar-refractivity contribution >= 4 is 21.4 Å². The standard InChI is InChI=1S/C20H21N3O3S/c1-13-5-4-6-17-20(13)23(10-9-21-17)27(24,25)19-8-7-16(11-14(19)2)18-12-15(3)22-26-18/h4-8,11-12,21H,9-10H2,1-3H3. The Bertz CT molecular complexity index is 1120. The van der Waals surface area contributed by atoms with Gasteiger partial charge >= 0.3 is 0 Å². The lowest BCUT2D eigenvalue weighted by Crippen LogP contribution is -2.39. The van der Waals surface area contributed by atoms with Gasteiger partial charge in [0.25, 0.3) is 10.0 Å². The first-order valence-corrected chi connectivity index (χ1v) is 10.2. The average molecular weight is 383 g/mol. The summed E-state index contributed by atoms with van der Waals surface area (Å²) in [6.07, 6.45) is 0. The van der Waals surface area contributed by atoms with Crippen LogP contribution in [0.5, 0.6) is 0 Å². The number of anilines is 2. The Kier molecular flexibility index (Phi) is 4.19. The summed E-state index contributed by atoms with van der Waals surface area (Å²) in [5, 5.41) is 7.17. The van der Waals surface area contributed by atoms with E-state index in [1.165, 1.54) is 4.31 Å². The van der Waals surface area contributed by atoms with E-state index in [0.29, 0.717) is 29.3 Å². The first kappa shape index (κ1) is 17.6. The lowest BCUT2D eigenvalue weighted by atomic mass is 10.1. The maximum absolute atomic E-state index is 13.4. The van der Waals surface area contributed by atoms with Gasteiger partial charge in [-0.3, -0.25) is 4.31 Å². The second-order valence-corrected chi connectivity index (χ2v) is 8.62. The topological polar surface area (TPSA) is 75.4 Å². The molecular formula is C20H21N3O3S. The van der Waals surface area contributed by atoms with Crippen LogP contribution in [0.2, 0.25) is 0 Å². The number of hydrogen-bond acceptors (Lipinski definition) is 5. The molecule has 0 radical (unpaired) electrons. The third-order valence-electron chi connectivity index (χ3n) is 4.77. The van der Waals surface area contributed by atoms with Gasteiger partial charge in [0.1, 0.15) is 0 Å². The van der Waals surface area contributed by atoms with Crippen molar-refractivity contribution in [2.24, 2.45) is 0 Å². The summed E-state index contributed by atoms with van der Waals surface area (Å²) < 4.78 is 33.7. The van der Waals surface area contributed by atoms with E-state index in [9.17, 15) is 8.42 Å². The zero-order valence-electron chi connectivity index (χ0n) is 15.5. The Morgan fingerprint density at radius 1 is 1.07 bits per heavy atom. The van der Waals surface area contributed by atoms with Crippen LogP contribution in [0.1, 0.15) is 16.8 Å². The van der Waals surface area contributed by atoms with Crippen LogP contribution >= 0.6 is 0 Å². The fraction of sp³-hybridized carbons (Fsp3) is 0.250. The maximum atomic E-state index is 13.4. The third kappa shape index (κ3) is 2.98. The fourth-order valence-corrected chi connectivity index (χ4v) is 5.24. The van der Waals surface area contributed by atoms with Gasteiger partial charge in [0.2, 0.25) is 0 Å². The van der Waals surface area contributed by atoms with Gasteiger partial charge in [0, 0.05) is 18.2 Å².